The van der Waals surface area contributed by atoms with Gasteiger partial charge in [0.25, 0.3) is 0 Å². The lowest BCUT2D eigenvalue weighted by Crippen LogP contribution is -2.41. The van der Waals surface area contributed by atoms with E-state index in [1.165, 1.54) is 0 Å². The van der Waals surface area contributed by atoms with Gasteiger partial charge >= 0.3 is 11.7 Å². The highest BCUT2D eigenvalue weighted by Crippen LogP contribution is 2.37. The molecule has 1 aromatic carbocycles. The highest BCUT2D eigenvalue weighted by Gasteiger charge is 2.38. The number of ether oxygens (including phenoxy) is 1. The maximum absolute atomic E-state index is 11.8. The van der Waals surface area contributed by atoms with Crippen LogP contribution in [-0.4, -0.2) is 31.2 Å². The average Bonchev–Trinajstić information content (AvgIpc) is 2.37. The largest absolute Gasteiger partial charge is 0.501 e. The number of halogens is 1. The summed E-state index contributed by atoms with van der Waals surface area (Å²) in [5.41, 5.74) is -1.14. The van der Waals surface area contributed by atoms with E-state index in [0.717, 1.165) is 7.11 Å². The van der Waals surface area contributed by atoms with Gasteiger partial charge in [-0.15, -0.1) is 6.42 Å². The molecule has 0 fully saturated rings. The average molecular weight is 328 g/mol. The number of carbonyl (C=O) groups excluding carboxylic acids is 1. The van der Waals surface area contributed by atoms with Crippen LogP contribution < -0.4 is 5.19 Å². The van der Waals surface area contributed by atoms with Crippen LogP contribution in [0.5, 0.6) is 5.75 Å². The molecule has 0 amide bonds. The quantitative estimate of drug-likeness (QED) is 0.302. The lowest BCUT2D eigenvalue weighted by molar-refractivity contribution is -0.384. The van der Waals surface area contributed by atoms with Crippen molar-refractivity contribution in [1.82, 2.24) is 0 Å². The normalized spacial score (nSPS) is 10.9. The van der Waals surface area contributed by atoms with E-state index in [9.17, 15) is 20.0 Å². The minimum absolute atomic E-state index is 0.0541. The molecule has 6 nitrogen and oxygen atoms in total. The first kappa shape index (κ1) is 17.0. The van der Waals surface area contributed by atoms with Crippen molar-refractivity contribution in [2.45, 2.75) is 19.6 Å². The molecule has 0 saturated heterocycles. The second kappa shape index (κ2) is 5.75. The molecule has 0 aliphatic heterocycles. The Morgan fingerprint density at radius 2 is 2.00 bits per heavy atom. The Hall–Kier alpha value is -2.04. The molecular formula is C13H14ClNO5Si. The first-order chi connectivity index (χ1) is 9.57. The number of methoxy groups -OCH3 is 1. The molecule has 1 rings (SSSR count). The summed E-state index contributed by atoms with van der Waals surface area (Å²) in [5.74, 6) is 0.422. The van der Waals surface area contributed by atoms with Gasteiger partial charge in [0.15, 0.2) is 0 Å². The van der Waals surface area contributed by atoms with E-state index < -0.39 is 36.0 Å². The highest BCUT2D eigenvalue weighted by atomic mass is 35.5. The molecule has 21 heavy (non-hydrogen) atoms. The smallest absolute Gasteiger partial charge is 0.343 e. The zero-order valence-electron chi connectivity index (χ0n) is 12.0. The molecule has 0 aliphatic rings. The van der Waals surface area contributed by atoms with Gasteiger partial charge in [0, 0.05) is 5.19 Å². The number of nitrogens with zero attached hydrogens (tertiary/aromatic N) is 1. The summed E-state index contributed by atoms with van der Waals surface area (Å²) < 4.78 is 4.51. The molecule has 0 unspecified atom stereocenters. The molecule has 1 N–H and O–H groups in total. The first-order valence-corrected chi connectivity index (χ1v) is 9.73. The summed E-state index contributed by atoms with van der Waals surface area (Å²) in [6.45, 7) is 5.45. The number of rotatable bonds is 3. The van der Waals surface area contributed by atoms with Crippen molar-refractivity contribution in [2.75, 3.05) is 7.11 Å². The van der Waals surface area contributed by atoms with E-state index in [2.05, 4.69) is 10.7 Å². The van der Waals surface area contributed by atoms with Gasteiger partial charge in [0.05, 0.1) is 30.7 Å². The highest BCUT2D eigenvalue weighted by molar-refractivity contribution is 6.91. The Bertz CT molecular complexity index is 673. The molecule has 0 spiro atoms. The van der Waals surface area contributed by atoms with E-state index in [1.807, 2.05) is 19.6 Å². The number of phenols is 1. The van der Waals surface area contributed by atoms with Crippen molar-refractivity contribution < 1.29 is 19.6 Å². The van der Waals surface area contributed by atoms with E-state index in [4.69, 9.17) is 18.0 Å². The number of nitro benzene ring substituents is 1. The number of benzene rings is 1. The number of hydrogen-bond acceptors (Lipinski definition) is 5. The van der Waals surface area contributed by atoms with Crippen LogP contribution in [0.3, 0.4) is 0 Å². The molecule has 112 valence electrons. The van der Waals surface area contributed by atoms with Crippen LogP contribution >= 0.6 is 11.6 Å². The molecular weight excluding hydrogens is 314 g/mol. The second-order valence-corrected chi connectivity index (χ2v) is 10.7. The Morgan fingerprint density at radius 1 is 1.48 bits per heavy atom. The molecule has 0 saturated carbocycles. The molecule has 0 aliphatic carbocycles. The Labute approximate surface area is 127 Å². The first-order valence-electron chi connectivity index (χ1n) is 5.86. The monoisotopic (exact) mass is 327 g/mol. The Balaban J connectivity index is 4.06. The minimum atomic E-state index is -2.31. The van der Waals surface area contributed by atoms with Crippen LogP contribution in [0, 0.1) is 22.5 Å². The third-order valence-electron chi connectivity index (χ3n) is 2.85. The van der Waals surface area contributed by atoms with Crippen LogP contribution in [0.15, 0.2) is 0 Å². The molecule has 1 aromatic rings. The molecule has 0 radical (unpaired) electrons. The van der Waals surface area contributed by atoms with Crippen LogP contribution in [0.4, 0.5) is 5.69 Å². The lowest BCUT2D eigenvalue weighted by Gasteiger charge is -2.21. The molecule has 0 aromatic heterocycles. The number of nitro groups is 1. The van der Waals surface area contributed by atoms with Gasteiger partial charge in [-0.25, -0.2) is 4.79 Å². The van der Waals surface area contributed by atoms with Gasteiger partial charge in [-0.05, 0) is 0 Å². The second-order valence-electron chi connectivity index (χ2n) is 5.28. The summed E-state index contributed by atoms with van der Waals surface area (Å²) in [7, 11) is -1.24. The maximum atomic E-state index is 11.8. The van der Waals surface area contributed by atoms with E-state index in [-0.39, 0.29) is 15.8 Å². The maximum Gasteiger partial charge on any atom is 0.343 e. The number of hydrogen-bond donors (Lipinski definition) is 1. The van der Waals surface area contributed by atoms with Gasteiger partial charge in [0.2, 0.25) is 5.75 Å². The van der Waals surface area contributed by atoms with Crippen LogP contribution in [0.2, 0.25) is 24.7 Å². The third-order valence-corrected chi connectivity index (χ3v) is 5.38. The van der Waals surface area contributed by atoms with Crippen molar-refractivity contribution in [3.63, 3.8) is 0 Å². The minimum Gasteiger partial charge on any atom is -0.501 e. The fraction of sp³-hybridized carbons (Fsp3) is 0.308. The predicted molar refractivity (Wildman–Crippen MR) is 82.0 cm³/mol. The Kier molecular flexibility index (Phi) is 4.66. The van der Waals surface area contributed by atoms with E-state index >= 15 is 0 Å². The Morgan fingerprint density at radius 3 is 2.33 bits per heavy atom. The van der Waals surface area contributed by atoms with Gasteiger partial charge in [0.1, 0.15) is 5.56 Å². The topological polar surface area (TPSA) is 89.7 Å². The van der Waals surface area contributed by atoms with Crippen molar-refractivity contribution >= 4 is 36.5 Å². The van der Waals surface area contributed by atoms with Crippen molar-refractivity contribution in [3.8, 4) is 18.1 Å². The summed E-state index contributed by atoms with van der Waals surface area (Å²) in [6.07, 6.45) is 5.34. The third kappa shape index (κ3) is 2.86. The summed E-state index contributed by atoms with van der Waals surface area (Å²) in [4.78, 5) is 22.3. The molecule has 0 bridgehead atoms. The van der Waals surface area contributed by atoms with Crippen LogP contribution in [-0.2, 0) is 4.74 Å². The predicted octanol–water partition coefficient (Wildman–Crippen LogP) is 2.27. The standard InChI is InChI=1S/C13H14ClNO5Si/c1-6-7-8(13(17)20-2)11(16)10(15(18)19)12(9(7)14)21(3,4)5/h1,16H,2-5H3. The zero-order valence-corrected chi connectivity index (χ0v) is 13.7. The van der Waals surface area contributed by atoms with Gasteiger partial charge in [-0.1, -0.05) is 37.2 Å². The molecule has 0 heterocycles. The van der Waals surface area contributed by atoms with E-state index in [0.29, 0.717) is 0 Å². The van der Waals surface area contributed by atoms with Gasteiger partial charge in [-0.2, -0.15) is 0 Å². The van der Waals surface area contributed by atoms with Crippen molar-refractivity contribution in [1.29, 1.82) is 0 Å². The number of aromatic hydroxyl groups is 1. The summed E-state index contributed by atoms with van der Waals surface area (Å²) in [5, 5.41) is 21.6. The van der Waals surface area contributed by atoms with Crippen molar-refractivity contribution in [3.05, 3.63) is 26.3 Å². The van der Waals surface area contributed by atoms with Crippen LogP contribution in [0.25, 0.3) is 0 Å². The van der Waals surface area contributed by atoms with E-state index in [1.54, 1.807) is 0 Å². The summed E-state index contributed by atoms with van der Waals surface area (Å²) in [6, 6.07) is 0. The fourth-order valence-electron chi connectivity index (χ4n) is 1.99. The molecule has 8 heteroatoms. The lowest BCUT2D eigenvalue weighted by atomic mass is 10.1. The van der Waals surface area contributed by atoms with Crippen molar-refractivity contribution in [2.24, 2.45) is 0 Å². The van der Waals surface area contributed by atoms with Gasteiger partial charge in [-0.3, -0.25) is 10.1 Å². The zero-order chi connectivity index (χ0) is 16.5. The molecule has 0 atom stereocenters. The number of phenolic OH excluding ortho intramolecular Hbond substituents is 1. The fourth-order valence-corrected chi connectivity index (χ4v) is 4.78. The van der Waals surface area contributed by atoms with Crippen LogP contribution in [0.1, 0.15) is 15.9 Å². The van der Waals surface area contributed by atoms with Gasteiger partial charge < -0.3 is 9.84 Å². The SMILES string of the molecule is C#Cc1c(Cl)c([Si](C)(C)C)c([N+](=O)[O-])c(O)c1C(=O)OC. The number of esters is 1. The number of terminal acetylenes is 1. The summed E-state index contributed by atoms with van der Waals surface area (Å²) >= 11 is 6.19. The number of carbonyl (C=O) groups is 1.